The van der Waals surface area contributed by atoms with E-state index in [0.29, 0.717) is 40.9 Å². The average Bonchev–Trinajstić information content (AvgIpc) is 2.68. The zero-order valence-electron chi connectivity index (χ0n) is 15.4. The van der Waals surface area contributed by atoms with Crippen LogP contribution >= 0.6 is 0 Å². The predicted octanol–water partition coefficient (Wildman–Crippen LogP) is 4.89. The van der Waals surface area contributed by atoms with E-state index in [1.54, 1.807) is 6.07 Å². The third-order valence-corrected chi connectivity index (χ3v) is 4.33. The monoisotopic (exact) mass is 382 g/mol. The fraction of sp³-hybridized carbons (Fsp3) is 0.190. The summed E-state index contributed by atoms with van der Waals surface area (Å²) in [6, 6.07) is 9.91. The predicted molar refractivity (Wildman–Crippen MR) is 106 cm³/mol. The van der Waals surface area contributed by atoms with Crippen LogP contribution in [0.15, 0.2) is 61.1 Å². The lowest BCUT2D eigenvalue weighted by atomic mass is 10.0. The molecule has 28 heavy (non-hydrogen) atoms. The molecule has 0 aliphatic heterocycles. The molecule has 0 saturated heterocycles. The minimum absolute atomic E-state index is 0.158. The van der Waals surface area contributed by atoms with Gasteiger partial charge in [0.15, 0.2) is 0 Å². The standard InChI is InChI=1S/C21H20F2N4O/c1-13(21(28)27-17-8-5-15(22)6-9-17)3-4-14(2)26-20-18-11-16(23)7-10-19(18)24-12-25-20/h5-13H,2-4H2,1H3,(H,27,28)(H,24,25,26). The summed E-state index contributed by atoms with van der Waals surface area (Å²) in [6.07, 6.45) is 2.48. The molecule has 1 unspecified atom stereocenters. The van der Waals surface area contributed by atoms with E-state index < -0.39 is 0 Å². The molecule has 5 nitrogen and oxygen atoms in total. The summed E-state index contributed by atoms with van der Waals surface area (Å²) in [4.78, 5) is 20.5. The Bertz CT molecular complexity index is 1000. The molecule has 1 heterocycles. The van der Waals surface area contributed by atoms with Crippen molar-refractivity contribution in [2.24, 2.45) is 5.92 Å². The fourth-order valence-electron chi connectivity index (χ4n) is 2.68. The molecule has 0 saturated carbocycles. The van der Waals surface area contributed by atoms with Crippen LogP contribution in [0.2, 0.25) is 0 Å². The second kappa shape index (κ2) is 8.56. The van der Waals surface area contributed by atoms with Crippen LogP contribution in [-0.2, 0) is 4.79 Å². The molecule has 1 amide bonds. The Balaban J connectivity index is 1.56. The van der Waals surface area contributed by atoms with Gasteiger partial charge < -0.3 is 10.6 Å². The van der Waals surface area contributed by atoms with Gasteiger partial charge in [0.05, 0.1) is 5.52 Å². The van der Waals surface area contributed by atoms with E-state index in [1.807, 2.05) is 6.92 Å². The lowest BCUT2D eigenvalue weighted by Gasteiger charge is -2.14. The molecule has 1 atom stereocenters. The highest BCUT2D eigenvalue weighted by Crippen LogP contribution is 2.23. The summed E-state index contributed by atoms with van der Waals surface area (Å²) >= 11 is 0. The molecule has 1 aromatic heterocycles. The minimum Gasteiger partial charge on any atom is -0.344 e. The third-order valence-electron chi connectivity index (χ3n) is 4.33. The first kappa shape index (κ1) is 19.4. The number of hydrogen-bond donors (Lipinski definition) is 2. The quantitative estimate of drug-likeness (QED) is 0.611. The molecule has 0 bridgehead atoms. The van der Waals surface area contributed by atoms with Gasteiger partial charge in [-0.2, -0.15) is 0 Å². The summed E-state index contributed by atoms with van der Waals surface area (Å²) in [5.41, 5.74) is 1.83. The summed E-state index contributed by atoms with van der Waals surface area (Å²) in [5, 5.41) is 6.39. The van der Waals surface area contributed by atoms with Crippen molar-refractivity contribution in [3.63, 3.8) is 0 Å². The van der Waals surface area contributed by atoms with Crippen LogP contribution < -0.4 is 10.6 Å². The molecule has 0 aliphatic rings. The Morgan fingerprint density at radius 2 is 1.79 bits per heavy atom. The molecule has 0 spiro atoms. The van der Waals surface area contributed by atoms with E-state index in [0.717, 1.165) is 0 Å². The first-order chi connectivity index (χ1) is 13.4. The van der Waals surface area contributed by atoms with E-state index in [9.17, 15) is 13.6 Å². The number of benzene rings is 2. The maximum Gasteiger partial charge on any atom is 0.227 e. The SMILES string of the molecule is C=C(CCC(C)C(=O)Nc1ccc(F)cc1)Nc1ncnc2ccc(F)cc12. The first-order valence-electron chi connectivity index (χ1n) is 8.84. The molecule has 144 valence electrons. The number of hydrogen-bond acceptors (Lipinski definition) is 4. The second-order valence-corrected chi connectivity index (χ2v) is 6.55. The Kier molecular flexibility index (Phi) is 5.93. The van der Waals surface area contributed by atoms with Gasteiger partial charge in [-0.1, -0.05) is 13.5 Å². The zero-order valence-corrected chi connectivity index (χ0v) is 15.4. The van der Waals surface area contributed by atoms with Crippen molar-refractivity contribution < 1.29 is 13.6 Å². The van der Waals surface area contributed by atoms with E-state index >= 15 is 0 Å². The van der Waals surface area contributed by atoms with Crippen molar-refractivity contribution in [3.8, 4) is 0 Å². The van der Waals surface area contributed by atoms with Gasteiger partial charge in [0.25, 0.3) is 0 Å². The maximum absolute atomic E-state index is 13.5. The smallest absolute Gasteiger partial charge is 0.227 e. The van der Waals surface area contributed by atoms with Crippen LogP contribution in [0.4, 0.5) is 20.3 Å². The zero-order chi connectivity index (χ0) is 20.1. The van der Waals surface area contributed by atoms with E-state index in [-0.39, 0.29) is 23.5 Å². The second-order valence-electron chi connectivity index (χ2n) is 6.55. The average molecular weight is 382 g/mol. The van der Waals surface area contributed by atoms with Crippen molar-refractivity contribution in [1.82, 2.24) is 9.97 Å². The summed E-state index contributed by atoms with van der Waals surface area (Å²) in [7, 11) is 0. The molecular weight excluding hydrogens is 362 g/mol. The van der Waals surface area contributed by atoms with E-state index in [1.165, 1.54) is 42.7 Å². The summed E-state index contributed by atoms with van der Waals surface area (Å²) in [6.45, 7) is 5.77. The Labute approximate surface area is 161 Å². The van der Waals surface area contributed by atoms with Gasteiger partial charge in [-0.05, 0) is 55.3 Å². The van der Waals surface area contributed by atoms with Crippen molar-refractivity contribution in [1.29, 1.82) is 0 Å². The van der Waals surface area contributed by atoms with Crippen molar-refractivity contribution in [2.75, 3.05) is 10.6 Å². The van der Waals surface area contributed by atoms with Crippen LogP contribution in [0.1, 0.15) is 19.8 Å². The number of nitrogens with one attached hydrogen (secondary N) is 2. The molecule has 2 N–H and O–H groups in total. The third kappa shape index (κ3) is 4.88. The number of halogens is 2. The van der Waals surface area contributed by atoms with Crippen LogP contribution in [0.25, 0.3) is 10.9 Å². The van der Waals surface area contributed by atoms with Gasteiger partial charge >= 0.3 is 0 Å². The Morgan fingerprint density at radius 1 is 1.07 bits per heavy atom. The van der Waals surface area contributed by atoms with E-state index in [2.05, 4.69) is 27.2 Å². The normalized spacial score (nSPS) is 11.8. The number of aromatic nitrogens is 2. The molecular formula is C21H20F2N4O. The molecule has 0 radical (unpaired) electrons. The Morgan fingerprint density at radius 3 is 2.54 bits per heavy atom. The van der Waals surface area contributed by atoms with Gasteiger partial charge in [0.1, 0.15) is 23.8 Å². The lowest BCUT2D eigenvalue weighted by molar-refractivity contribution is -0.119. The summed E-state index contributed by atoms with van der Waals surface area (Å²) in [5.74, 6) is -0.692. The number of carbonyl (C=O) groups excluding carboxylic acids is 1. The lowest BCUT2D eigenvalue weighted by Crippen LogP contribution is -2.20. The van der Waals surface area contributed by atoms with Crippen LogP contribution in [0.5, 0.6) is 0 Å². The molecule has 0 fully saturated rings. The number of rotatable bonds is 7. The maximum atomic E-state index is 13.5. The molecule has 3 rings (SSSR count). The van der Waals surface area contributed by atoms with Gasteiger partial charge in [0.2, 0.25) is 5.91 Å². The Hall–Kier alpha value is -3.35. The van der Waals surface area contributed by atoms with E-state index in [4.69, 9.17) is 0 Å². The number of anilines is 2. The molecule has 2 aromatic carbocycles. The molecule has 3 aromatic rings. The van der Waals surface area contributed by atoms with Gasteiger partial charge in [-0.25, -0.2) is 18.7 Å². The number of nitrogens with zero attached hydrogens (tertiary/aromatic N) is 2. The van der Waals surface area contributed by atoms with Crippen molar-refractivity contribution in [2.45, 2.75) is 19.8 Å². The van der Waals surface area contributed by atoms with Crippen molar-refractivity contribution >= 4 is 28.3 Å². The molecule has 7 heteroatoms. The van der Waals surface area contributed by atoms with Crippen molar-refractivity contribution in [3.05, 3.63) is 72.7 Å². The van der Waals surface area contributed by atoms with Crippen LogP contribution in [-0.4, -0.2) is 15.9 Å². The largest absolute Gasteiger partial charge is 0.344 e. The summed E-state index contributed by atoms with van der Waals surface area (Å²) < 4.78 is 26.5. The fourth-order valence-corrected chi connectivity index (χ4v) is 2.68. The van der Waals surface area contributed by atoms with Gasteiger partial charge in [-0.15, -0.1) is 0 Å². The van der Waals surface area contributed by atoms with Crippen LogP contribution in [0, 0.1) is 17.6 Å². The van der Waals surface area contributed by atoms with Gasteiger partial charge in [-0.3, -0.25) is 4.79 Å². The van der Waals surface area contributed by atoms with Crippen LogP contribution in [0.3, 0.4) is 0 Å². The highest BCUT2D eigenvalue weighted by atomic mass is 19.1. The first-order valence-corrected chi connectivity index (χ1v) is 8.84. The van der Waals surface area contributed by atoms with Gasteiger partial charge in [0, 0.05) is 22.7 Å². The number of allylic oxidation sites excluding steroid dienone is 1. The highest BCUT2D eigenvalue weighted by Gasteiger charge is 2.14. The molecule has 0 aliphatic carbocycles. The minimum atomic E-state index is -0.373. The topological polar surface area (TPSA) is 66.9 Å². The number of fused-ring (bicyclic) bond motifs is 1. The number of amides is 1. The highest BCUT2D eigenvalue weighted by molar-refractivity contribution is 5.92. The number of carbonyl (C=O) groups is 1.